The average Bonchev–Trinajstić information content (AvgIpc) is 1.97. The van der Waals surface area contributed by atoms with Gasteiger partial charge in [-0.2, -0.15) is 0 Å². The van der Waals surface area contributed by atoms with Gasteiger partial charge in [0.1, 0.15) is 0 Å². The van der Waals surface area contributed by atoms with Gasteiger partial charge in [0.15, 0.2) is 0 Å². The third kappa shape index (κ3) is 3.87. The van der Waals surface area contributed by atoms with E-state index in [1.54, 1.807) is 0 Å². The Balaban J connectivity index is 4.59. The molecule has 0 N–H and O–H groups in total. The molecule has 0 aliphatic rings. The highest BCUT2D eigenvalue weighted by Gasteiger charge is 2.54. The summed E-state index contributed by atoms with van der Waals surface area (Å²) in [4.78, 5) is 0. The molecule has 0 saturated carbocycles. The summed E-state index contributed by atoms with van der Waals surface area (Å²) < 4.78 is 54.7. The fraction of sp³-hybridized carbons (Fsp3) is 1.00. The predicted molar refractivity (Wildman–Crippen MR) is 65.0 cm³/mol. The molecule has 0 heterocycles. The van der Waals surface area contributed by atoms with Crippen molar-refractivity contribution in [3.63, 3.8) is 0 Å². The highest BCUT2D eigenvalue weighted by atomic mass is 28.4. The molecule has 0 nitrogen and oxygen atoms in total. The zero-order valence-corrected chi connectivity index (χ0v) is 12.9. The molecule has 0 saturated heterocycles. The Hall–Kier alpha value is 0.154. The summed E-state index contributed by atoms with van der Waals surface area (Å²) >= 11 is 0. The Morgan fingerprint density at radius 2 is 0.812 bits per heavy atom. The van der Waals surface area contributed by atoms with Crippen LogP contribution in [0.1, 0.15) is 41.5 Å². The molecule has 98 valence electrons. The fourth-order valence-corrected chi connectivity index (χ4v) is 5.08. The van der Waals surface area contributed by atoms with Crippen LogP contribution in [0.2, 0.25) is 22.2 Å². The van der Waals surface area contributed by atoms with E-state index in [1.807, 2.05) is 0 Å². The minimum atomic E-state index is -4.54. The van der Waals surface area contributed by atoms with Gasteiger partial charge in [-0.25, -0.2) is 0 Å². The van der Waals surface area contributed by atoms with Crippen molar-refractivity contribution in [1.82, 2.24) is 0 Å². The van der Waals surface area contributed by atoms with Crippen LogP contribution in [-0.4, -0.2) is 17.5 Å². The Bertz CT molecular complexity index is 212. The Morgan fingerprint density at radius 1 is 0.625 bits per heavy atom. The molecule has 0 bridgehead atoms. The molecular weight excluding hydrogens is 252 g/mol. The minimum absolute atomic E-state index is 0.576. The SMILES string of the molecule is CC(C)(C)[Si](F)(F)CC[Si](F)(F)C(C)(C)C. The lowest BCUT2D eigenvalue weighted by Gasteiger charge is -2.31. The van der Waals surface area contributed by atoms with Crippen molar-refractivity contribution in [2.24, 2.45) is 0 Å². The maximum Gasteiger partial charge on any atom is 0.430 e. The summed E-state index contributed by atoms with van der Waals surface area (Å²) in [5, 5.41) is -2.23. The van der Waals surface area contributed by atoms with Crippen LogP contribution in [0.15, 0.2) is 0 Å². The molecule has 0 amide bonds. The molecule has 0 aromatic rings. The van der Waals surface area contributed by atoms with Crippen LogP contribution in [0.4, 0.5) is 16.4 Å². The van der Waals surface area contributed by atoms with Gasteiger partial charge in [-0.3, -0.25) is 16.4 Å². The van der Waals surface area contributed by atoms with Crippen LogP contribution in [0.25, 0.3) is 0 Å². The minimum Gasteiger partial charge on any atom is -0.270 e. The maximum atomic E-state index is 13.7. The predicted octanol–water partition coefficient (Wildman–Crippen LogP) is 5.35. The molecule has 0 radical (unpaired) electrons. The first-order valence-electron chi connectivity index (χ1n) is 5.46. The van der Waals surface area contributed by atoms with Crippen molar-refractivity contribution in [2.45, 2.75) is 63.7 Å². The summed E-state index contributed by atoms with van der Waals surface area (Å²) in [5.74, 6) is 0. The molecule has 0 aliphatic carbocycles. The topological polar surface area (TPSA) is 0 Å². The molecule has 0 atom stereocenters. The lowest BCUT2D eigenvalue weighted by Crippen LogP contribution is -2.40. The van der Waals surface area contributed by atoms with E-state index in [2.05, 4.69) is 0 Å². The number of hydrogen-bond donors (Lipinski definition) is 0. The standard InChI is InChI=1S/C10H22F4Si2/c1-9(2,3)15(11,12)7-8-16(13,14)10(4,5)6/h7-8H2,1-6H3. The highest BCUT2D eigenvalue weighted by molar-refractivity contribution is 6.74. The third-order valence-corrected chi connectivity index (χ3v) is 9.59. The van der Waals surface area contributed by atoms with Crippen molar-refractivity contribution in [3.05, 3.63) is 0 Å². The van der Waals surface area contributed by atoms with E-state index in [-0.39, 0.29) is 0 Å². The molecule has 0 fully saturated rings. The molecule has 0 aromatic carbocycles. The Labute approximate surface area is 98.1 Å². The Kier molecular flexibility index (Phi) is 4.48. The van der Waals surface area contributed by atoms with E-state index in [1.165, 1.54) is 41.5 Å². The molecule has 0 aliphatic heterocycles. The first kappa shape index (κ1) is 16.2. The quantitative estimate of drug-likeness (QED) is 0.370. The van der Waals surface area contributed by atoms with E-state index in [9.17, 15) is 16.4 Å². The second kappa shape index (κ2) is 4.44. The van der Waals surface area contributed by atoms with Gasteiger partial charge < -0.3 is 0 Å². The first-order chi connectivity index (χ1) is 6.71. The first-order valence-corrected chi connectivity index (χ1v) is 9.39. The summed E-state index contributed by atoms with van der Waals surface area (Å²) in [6.07, 6.45) is 0. The smallest absolute Gasteiger partial charge is 0.270 e. The summed E-state index contributed by atoms with van der Waals surface area (Å²) in [7, 11) is -9.08. The van der Waals surface area contributed by atoms with Crippen molar-refractivity contribution >= 4 is 17.5 Å². The van der Waals surface area contributed by atoms with E-state index < -0.39 is 39.6 Å². The van der Waals surface area contributed by atoms with Crippen molar-refractivity contribution < 1.29 is 16.4 Å². The van der Waals surface area contributed by atoms with Crippen LogP contribution < -0.4 is 0 Å². The molecule has 0 aromatic heterocycles. The lowest BCUT2D eigenvalue weighted by atomic mass is 10.2. The normalized spacial score (nSPS) is 15.4. The lowest BCUT2D eigenvalue weighted by molar-refractivity contribution is 0.470. The highest BCUT2D eigenvalue weighted by Crippen LogP contribution is 2.47. The largest absolute Gasteiger partial charge is 0.430 e. The summed E-state index contributed by atoms with van der Waals surface area (Å²) in [5.41, 5.74) is 0. The fourth-order valence-electron chi connectivity index (χ4n) is 1.06. The third-order valence-electron chi connectivity index (χ3n) is 2.95. The number of rotatable bonds is 3. The van der Waals surface area contributed by atoms with Crippen molar-refractivity contribution in [1.29, 1.82) is 0 Å². The summed E-state index contributed by atoms with van der Waals surface area (Å²) in [6, 6.07) is -1.15. The molecule has 6 heteroatoms. The number of halogens is 4. The van der Waals surface area contributed by atoms with Gasteiger partial charge in [-0.05, 0) is 0 Å². The second-order valence-corrected chi connectivity index (χ2v) is 13.2. The van der Waals surface area contributed by atoms with Gasteiger partial charge in [0.05, 0.1) is 0 Å². The maximum absolute atomic E-state index is 13.7. The molecular formula is C10H22F4Si2. The van der Waals surface area contributed by atoms with E-state index in [0.29, 0.717) is 0 Å². The molecule has 16 heavy (non-hydrogen) atoms. The van der Waals surface area contributed by atoms with Gasteiger partial charge in [0.25, 0.3) is 0 Å². The zero-order valence-electron chi connectivity index (χ0n) is 10.9. The van der Waals surface area contributed by atoms with Crippen LogP contribution in [0, 0.1) is 0 Å². The Morgan fingerprint density at radius 3 is 0.938 bits per heavy atom. The van der Waals surface area contributed by atoms with Crippen molar-refractivity contribution in [2.75, 3.05) is 0 Å². The van der Waals surface area contributed by atoms with Crippen LogP contribution in [0.5, 0.6) is 0 Å². The monoisotopic (exact) mass is 274 g/mol. The number of hydrogen-bond acceptors (Lipinski definition) is 0. The zero-order chi connectivity index (χ0) is 13.4. The van der Waals surface area contributed by atoms with E-state index in [0.717, 1.165) is 0 Å². The molecule has 0 unspecified atom stereocenters. The second-order valence-electron chi connectivity index (χ2n) is 6.41. The van der Waals surface area contributed by atoms with E-state index in [4.69, 9.17) is 0 Å². The van der Waals surface area contributed by atoms with Gasteiger partial charge in [-0.1, -0.05) is 41.5 Å². The van der Waals surface area contributed by atoms with Crippen molar-refractivity contribution in [3.8, 4) is 0 Å². The van der Waals surface area contributed by atoms with Crippen LogP contribution in [0.3, 0.4) is 0 Å². The summed E-state index contributed by atoms with van der Waals surface area (Å²) in [6.45, 7) is 8.64. The average molecular weight is 274 g/mol. The van der Waals surface area contributed by atoms with Gasteiger partial charge in [0.2, 0.25) is 0 Å². The van der Waals surface area contributed by atoms with Gasteiger partial charge in [0, 0.05) is 22.2 Å². The molecule has 0 spiro atoms. The molecule has 0 rings (SSSR count). The van der Waals surface area contributed by atoms with E-state index >= 15 is 0 Å². The van der Waals surface area contributed by atoms with Gasteiger partial charge >= 0.3 is 17.5 Å². The van der Waals surface area contributed by atoms with Crippen LogP contribution in [-0.2, 0) is 0 Å². The van der Waals surface area contributed by atoms with Crippen LogP contribution >= 0.6 is 0 Å². The van der Waals surface area contributed by atoms with Gasteiger partial charge in [-0.15, -0.1) is 0 Å².